The second kappa shape index (κ2) is 8.41. The monoisotopic (exact) mass is 417 g/mol. The molecule has 1 aliphatic rings. The number of benzene rings is 1. The Morgan fingerprint density at radius 1 is 1.37 bits per heavy atom. The van der Waals surface area contributed by atoms with Crippen LogP contribution in [0.1, 0.15) is 28.5 Å². The van der Waals surface area contributed by atoms with Crippen LogP contribution in [-0.4, -0.2) is 36.4 Å². The predicted octanol–water partition coefficient (Wildman–Crippen LogP) is 2.83. The molecule has 1 aliphatic heterocycles. The number of hydrogen-bond acceptors (Lipinski definition) is 6. The van der Waals surface area contributed by atoms with Gasteiger partial charge in [0.15, 0.2) is 0 Å². The van der Waals surface area contributed by atoms with Gasteiger partial charge in [0.25, 0.3) is 11.9 Å². The zero-order chi connectivity index (χ0) is 21.9. The summed E-state index contributed by atoms with van der Waals surface area (Å²) < 4.78 is 47.9. The Morgan fingerprint density at radius 2 is 2.13 bits per heavy atom. The van der Waals surface area contributed by atoms with Crippen LogP contribution in [0.3, 0.4) is 0 Å². The first kappa shape index (κ1) is 21.1. The summed E-state index contributed by atoms with van der Waals surface area (Å²) in [5, 5.41) is 11.3. The maximum absolute atomic E-state index is 14.7. The Kier molecular flexibility index (Phi) is 5.91. The van der Waals surface area contributed by atoms with Crippen molar-refractivity contribution in [3.05, 3.63) is 59.2 Å². The molecule has 1 amide bonds. The molecule has 0 radical (unpaired) electrons. The number of carbonyl (C=O) groups excluding carboxylic acids is 1. The summed E-state index contributed by atoms with van der Waals surface area (Å²) in [6.45, 7) is -0.745. The maximum Gasteiger partial charge on any atom is 0.283 e. The normalized spacial score (nSPS) is 23.1. The molecule has 0 bridgehead atoms. The highest BCUT2D eigenvalue weighted by Gasteiger charge is 2.49. The number of aliphatic imine (C=N–C) groups is 1. The lowest BCUT2D eigenvalue weighted by atomic mass is 9.76. The van der Waals surface area contributed by atoms with Gasteiger partial charge in [-0.15, -0.1) is 0 Å². The number of amidine groups is 1. The van der Waals surface area contributed by atoms with Crippen molar-refractivity contribution in [2.45, 2.75) is 18.6 Å². The number of halogens is 3. The Morgan fingerprint density at radius 3 is 2.73 bits per heavy atom. The number of aromatic nitrogens is 1. The molecule has 156 valence electrons. The van der Waals surface area contributed by atoms with Crippen LogP contribution in [0.25, 0.3) is 0 Å². The van der Waals surface area contributed by atoms with Gasteiger partial charge in [0.2, 0.25) is 0 Å². The molecule has 10 heteroatoms. The summed E-state index contributed by atoms with van der Waals surface area (Å²) in [5.41, 5.74) is 3.85. The molecular weight excluding hydrogens is 399 g/mol. The van der Waals surface area contributed by atoms with E-state index in [0.717, 1.165) is 6.07 Å². The average molecular weight is 417 g/mol. The second-order valence-corrected chi connectivity index (χ2v) is 6.78. The number of alkyl halides is 2. The zero-order valence-corrected chi connectivity index (χ0v) is 15.9. The third-order valence-electron chi connectivity index (χ3n) is 4.98. The molecule has 3 rings (SSSR count). The Hall–Kier alpha value is -3.61. The van der Waals surface area contributed by atoms with Crippen molar-refractivity contribution in [2.24, 2.45) is 16.6 Å². The minimum absolute atomic E-state index is 0.0173. The predicted molar refractivity (Wildman–Crippen MR) is 103 cm³/mol. The standard InChI is InChI=1S/C20H18F3N5O2/c1-11-15(7-21)20(10-22,28-19(25)30-11)14-6-13(3-4-16(14)23)27-18(29)17-5-2-12(8-24)9-26-17/h2-6,9,11,15H,7,10H2,1H3,(H2,25,28)(H,27,29)/t11-,15+,20-/m0/s1. The van der Waals surface area contributed by atoms with Gasteiger partial charge in [0.05, 0.1) is 18.2 Å². The van der Waals surface area contributed by atoms with Crippen molar-refractivity contribution in [3.63, 3.8) is 0 Å². The van der Waals surface area contributed by atoms with E-state index >= 15 is 0 Å². The van der Waals surface area contributed by atoms with Crippen LogP contribution in [-0.2, 0) is 10.3 Å². The average Bonchev–Trinajstić information content (AvgIpc) is 2.74. The highest BCUT2D eigenvalue weighted by Crippen LogP contribution is 2.42. The van der Waals surface area contributed by atoms with Crippen LogP contribution in [0.15, 0.2) is 41.5 Å². The fourth-order valence-corrected chi connectivity index (χ4v) is 3.41. The lowest BCUT2D eigenvalue weighted by molar-refractivity contribution is 0.0242. The minimum Gasteiger partial charge on any atom is -0.462 e. The second-order valence-electron chi connectivity index (χ2n) is 6.78. The number of nitrogens with two attached hydrogens (primary N) is 1. The molecule has 2 heterocycles. The van der Waals surface area contributed by atoms with Crippen LogP contribution in [0, 0.1) is 23.1 Å². The number of carbonyl (C=O) groups is 1. The van der Waals surface area contributed by atoms with Gasteiger partial charge in [0, 0.05) is 17.4 Å². The van der Waals surface area contributed by atoms with Gasteiger partial charge in [-0.3, -0.25) is 9.18 Å². The third kappa shape index (κ3) is 3.78. The molecule has 3 N–H and O–H groups in total. The first-order valence-corrected chi connectivity index (χ1v) is 8.96. The summed E-state index contributed by atoms with van der Waals surface area (Å²) in [5.74, 6) is -2.58. The van der Waals surface area contributed by atoms with Crippen molar-refractivity contribution in [1.29, 1.82) is 5.26 Å². The largest absolute Gasteiger partial charge is 0.462 e. The highest BCUT2D eigenvalue weighted by molar-refractivity contribution is 6.02. The van der Waals surface area contributed by atoms with Crippen molar-refractivity contribution in [1.82, 2.24) is 4.98 Å². The van der Waals surface area contributed by atoms with E-state index in [0.29, 0.717) is 0 Å². The van der Waals surface area contributed by atoms with Gasteiger partial charge < -0.3 is 15.8 Å². The number of nitriles is 1. The smallest absolute Gasteiger partial charge is 0.283 e. The third-order valence-corrected chi connectivity index (χ3v) is 4.98. The SMILES string of the molecule is C[C@@H]1OC(N)=N[C@@](CF)(c2cc(NC(=O)c3ccc(C#N)cn3)ccc2F)[C@@H]1CF. The van der Waals surface area contributed by atoms with Crippen molar-refractivity contribution in [2.75, 3.05) is 18.7 Å². The summed E-state index contributed by atoms with van der Waals surface area (Å²) in [7, 11) is 0. The number of pyridine rings is 1. The van der Waals surface area contributed by atoms with Crippen LogP contribution in [0.4, 0.5) is 18.9 Å². The maximum atomic E-state index is 14.7. The van der Waals surface area contributed by atoms with Crippen molar-refractivity contribution >= 4 is 17.6 Å². The van der Waals surface area contributed by atoms with Crippen molar-refractivity contribution in [3.8, 4) is 6.07 Å². The number of ether oxygens (including phenoxy) is 1. The summed E-state index contributed by atoms with van der Waals surface area (Å²) in [6, 6.07) is 7.77. The zero-order valence-electron chi connectivity index (χ0n) is 15.9. The molecule has 3 atom stereocenters. The van der Waals surface area contributed by atoms with Crippen molar-refractivity contribution < 1.29 is 22.7 Å². The van der Waals surface area contributed by atoms with Gasteiger partial charge in [-0.2, -0.15) is 5.26 Å². The van der Waals surface area contributed by atoms with E-state index in [2.05, 4.69) is 15.3 Å². The summed E-state index contributed by atoms with van der Waals surface area (Å²) in [4.78, 5) is 20.2. The highest BCUT2D eigenvalue weighted by atomic mass is 19.1. The fraction of sp³-hybridized carbons (Fsp3) is 0.300. The molecular formula is C20H18F3N5O2. The topological polar surface area (TPSA) is 113 Å². The van der Waals surface area contributed by atoms with E-state index in [-0.39, 0.29) is 28.5 Å². The lowest BCUT2D eigenvalue weighted by Gasteiger charge is -2.41. The van der Waals surface area contributed by atoms with E-state index in [1.165, 1.54) is 37.4 Å². The minimum atomic E-state index is -1.94. The van der Waals surface area contributed by atoms with Gasteiger partial charge in [-0.05, 0) is 37.3 Å². The molecule has 0 unspecified atom stereocenters. The number of nitrogens with zero attached hydrogens (tertiary/aromatic N) is 3. The molecule has 7 nitrogen and oxygen atoms in total. The molecule has 2 aromatic rings. The van der Waals surface area contributed by atoms with Gasteiger partial charge in [-0.25, -0.2) is 18.8 Å². The number of rotatable bonds is 5. The molecule has 1 aromatic heterocycles. The molecule has 0 saturated heterocycles. The first-order valence-electron chi connectivity index (χ1n) is 8.96. The first-order chi connectivity index (χ1) is 14.3. The molecule has 0 aliphatic carbocycles. The number of amides is 1. The Labute approximate surface area is 170 Å². The van der Waals surface area contributed by atoms with E-state index in [4.69, 9.17) is 15.7 Å². The van der Waals surface area contributed by atoms with Gasteiger partial charge in [0.1, 0.15) is 35.9 Å². The van der Waals surface area contributed by atoms with Crippen LogP contribution < -0.4 is 11.1 Å². The van der Waals surface area contributed by atoms with E-state index in [9.17, 15) is 18.0 Å². The van der Waals surface area contributed by atoms with E-state index in [1.54, 1.807) is 0 Å². The number of hydrogen-bond donors (Lipinski definition) is 2. The molecule has 0 spiro atoms. The van der Waals surface area contributed by atoms with Crippen LogP contribution in [0.5, 0.6) is 0 Å². The molecule has 1 aromatic carbocycles. The molecule has 0 saturated carbocycles. The quantitative estimate of drug-likeness (QED) is 0.777. The molecule has 0 fully saturated rings. The Bertz CT molecular complexity index is 1020. The van der Waals surface area contributed by atoms with E-state index in [1.807, 2.05) is 6.07 Å². The number of anilines is 1. The number of nitrogens with one attached hydrogen (secondary N) is 1. The molecule has 30 heavy (non-hydrogen) atoms. The summed E-state index contributed by atoms with van der Waals surface area (Å²) >= 11 is 0. The lowest BCUT2D eigenvalue weighted by Crippen LogP contribution is -2.50. The van der Waals surface area contributed by atoms with Crippen LogP contribution >= 0.6 is 0 Å². The summed E-state index contributed by atoms with van der Waals surface area (Å²) in [6.07, 6.45) is 0.388. The van der Waals surface area contributed by atoms with Crippen LogP contribution in [0.2, 0.25) is 0 Å². The Balaban J connectivity index is 1.98. The van der Waals surface area contributed by atoms with E-state index < -0.39 is 42.6 Å². The fourth-order valence-electron chi connectivity index (χ4n) is 3.41. The van der Waals surface area contributed by atoms with Gasteiger partial charge >= 0.3 is 0 Å². The van der Waals surface area contributed by atoms with Gasteiger partial charge in [-0.1, -0.05) is 0 Å².